The highest BCUT2D eigenvalue weighted by Crippen LogP contribution is 2.51. The molecule has 110 valence electrons. The number of rotatable bonds is 6. The number of nitrogens with zero attached hydrogens (tertiary/aromatic N) is 2. The summed E-state index contributed by atoms with van der Waals surface area (Å²) in [7, 11) is 1.43. The summed E-state index contributed by atoms with van der Waals surface area (Å²) >= 11 is 1.64. The van der Waals surface area contributed by atoms with E-state index in [1.165, 1.54) is 7.11 Å². The summed E-state index contributed by atoms with van der Waals surface area (Å²) in [5.74, 6) is 1.45. The Labute approximate surface area is 127 Å². The van der Waals surface area contributed by atoms with Crippen molar-refractivity contribution < 1.29 is 13.9 Å². The van der Waals surface area contributed by atoms with Crippen LogP contribution in [0.15, 0.2) is 40.0 Å². The summed E-state index contributed by atoms with van der Waals surface area (Å²) in [6, 6.07) is 7.51. The average molecular weight is 304 g/mol. The fourth-order valence-corrected chi connectivity index (χ4v) is 3.21. The molecule has 2 aromatic rings. The highest BCUT2D eigenvalue weighted by atomic mass is 32.2. The van der Waals surface area contributed by atoms with E-state index in [9.17, 15) is 4.79 Å². The van der Waals surface area contributed by atoms with Gasteiger partial charge in [0.25, 0.3) is 0 Å². The minimum atomic E-state index is -0.132. The van der Waals surface area contributed by atoms with Crippen LogP contribution >= 0.6 is 11.8 Å². The SMILES string of the molecule is COC(=O)CC1(CSc2ccc(-c3ccco3)nn2)CC1. The summed E-state index contributed by atoms with van der Waals surface area (Å²) in [5.41, 5.74) is 0.819. The molecule has 1 aliphatic rings. The van der Waals surface area contributed by atoms with E-state index in [1.807, 2.05) is 24.3 Å². The fourth-order valence-electron chi connectivity index (χ4n) is 2.11. The van der Waals surface area contributed by atoms with Gasteiger partial charge in [-0.3, -0.25) is 4.79 Å². The number of methoxy groups -OCH3 is 1. The average Bonchev–Trinajstić information content (AvgIpc) is 3.05. The summed E-state index contributed by atoms with van der Waals surface area (Å²) in [6.45, 7) is 0. The molecule has 1 saturated carbocycles. The second-order valence-corrected chi connectivity index (χ2v) is 6.27. The van der Waals surface area contributed by atoms with E-state index < -0.39 is 0 Å². The van der Waals surface area contributed by atoms with E-state index in [1.54, 1.807) is 18.0 Å². The van der Waals surface area contributed by atoms with Gasteiger partial charge in [-0.15, -0.1) is 22.0 Å². The lowest BCUT2D eigenvalue weighted by Crippen LogP contribution is -2.13. The van der Waals surface area contributed by atoms with E-state index in [-0.39, 0.29) is 11.4 Å². The number of thioether (sulfide) groups is 1. The number of ether oxygens (including phenoxy) is 1. The maximum Gasteiger partial charge on any atom is 0.306 e. The van der Waals surface area contributed by atoms with Crippen LogP contribution in [-0.4, -0.2) is 29.0 Å². The van der Waals surface area contributed by atoms with E-state index in [4.69, 9.17) is 9.15 Å². The van der Waals surface area contributed by atoms with Crippen LogP contribution in [0.5, 0.6) is 0 Å². The van der Waals surface area contributed by atoms with Crippen LogP contribution in [0, 0.1) is 5.41 Å². The van der Waals surface area contributed by atoms with Crippen molar-refractivity contribution in [3.05, 3.63) is 30.5 Å². The van der Waals surface area contributed by atoms with Crippen molar-refractivity contribution >= 4 is 17.7 Å². The lowest BCUT2D eigenvalue weighted by Gasteiger charge is -2.12. The van der Waals surface area contributed by atoms with Crippen LogP contribution in [0.3, 0.4) is 0 Å². The minimum absolute atomic E-state index is 0.0964. The molecular weight excluding hydrogens is 288 g/mol. The van der Waals surface area contributed by atoms with Crippen molar-refractivity contribution in [1.82, 2.24) is 10.2 Å². The van der Waals surface area contributed by atoms with E-state index >= 15 is 0 Å². The number of hydrogen-bond acceptors (Lipinski definition) is 6. The third-order valence-corrected chi connectivity index (χ3v) is 4.91. The minimum Gasteiger partial charge on any atom is -0.469 e. The van der Waals surface area contributed by atoms with Crippen LogP contribution in [0.2, 0.25) is 0 Å². The zero-order valence-corrected chi connectivity index (χ0v) is 12.6. The Morgan fingerprint density at radius 2 is 2.24 bits per heavy atom. The van der Waals surface area contributed by atoms with Crippen LogP contribution < -0.4 is 0 Å². The first-order chi connectivity index (χ1) is 10.2. The normalized spacial score (nSPS) is 15.7. The van der Waals surface area contributed by atoms with Crippen LogP contribution in [0.4, 0.5) is 0 Å². The van der Waals surface area contributed by atoms with Gasteiger partial charge in [-0.25, -0.2) is 0 Å². The van der Waals surface area contributed by atoms with Gasteiger partial charge in [0.15, 0.2) is 5.76 Å². The summed E-state index contributed by atoms with van der Waals surface area (Å²) in [4.78, 5) is 11.4. The third-order valence-electron chi connectivity index (χ3n) is 3.64. The van der Waals surface area contributed by atoms with E-state index in [2.05, 4.69) is 10.2 Å². The maximum atomic E-state index is 11.4. The number of furan rings is 1. The smallest absolute Gasteiger partial charge is 0.306 e. The molecule has 0 aliphatic heterocycles. The first-order valence-corrected chi connectivity index (χ1v) is 7.77. The van der Waals surface area contributed by atoms with Crippen molar-refractivity contribution in [1.29, 1.82) is 0 Å². The Hall–Kier alpha value is -1.82. The van der Waals surface area contributed by atoms with Gasteiger partial charge in [0, 0.05) is 5.75 Å². The fraction of sp³-hybridized carbons (Fsp3) is 0.400. The topological polar surface area (TPSA) is 65.2 Å². The third kappa shape index (κ3) is 3.44. The standard InChI is InChI=1S/C15H16N2O3S/c1-19-14(18)9-15(6-7-15)10-21-13-5-4-11(16-17-13)12-3-2-8-20-12/h2-5,8H,6-7,9-10H2,1H3. The van der Waals surface area contributed by atoms with Crippen molar-refractivity contribution in [3.8, 4) is 11.5 Å². The molecule has 1 aliphatic carbocycles. The van der Waals surface area contributed by atoms with Gasteiger partial charge in [-0.2, -0.15) is 0 Å². The second-order valence-electron chi connectivity index (χ2n) is 5.28. The predicted molar refractivity (Wildman–Crippen MR) is 78.8 cm³/mol. The molecule has 21 heavy (non-hydrogen) atoms. The van der Waals surface area contributed by atoms with Gasteiger partial charge >= 0.3 is 5.97 Å². The van der Waals surface area contributed by atoms with Crippen molar-refractivity contribution in [2.75, 3.05) is 12.9 Å². The molecule has 5 nitrogen and oxygen atoms in total. The number of hydrogen-bond donors (Lipinski definition) is 0. The lowest BCUT2D eigenvalue weighted by molar-refractivity contribution is -0.141. The van der Waals surface area contributed by atoms with Gasteiger partial charge in [-0.05, 0) is 42.5 Å². The van der Waals surface area contributed by atoms with Gasteiger partial charge in [0.05, 0.1) is 19.8 Å². The molecule has 0 aromatic carbocycles. The molecular formula is C15H16N2O3S. The predicted octanol–water partition coefficient (Wildman–Crippen LogP) is 3.17. The van der Waals surface area contributed by atoms with E-state index in [0.29, 0.717) is 12.2 Å². The molecule has 0 atom stereocenters. The highest BCUT2D eigenvalue weighted by Gasteiger charge is 2.44. The summed E-state index contributed by atoms with van der Waals surface area (Å²) in [6.07, 6.45) is 4.26. The molecule has 0 saturated heterocycles. The van der Waals surface area contributed by atoms with Crippen LogP contribution in [0.1, 0.15) is 19.3 Å². The van der Waals surface area contributed by atoms with Gasteiger partial charge < -0.3 is 9.15 Å². The Morgan fingerprint density at radius 3 is 2.81 bits per heavy atom. The number of aromatic nitrogens is 2. The Kier molecular flexibility index (Phi) is 3.96. The first-order valence-electron chi connectivity index (χ1n) is 6.78. The molecule has 0 radical (unpaired) electrons. The molecule has 0 bridgehead atoms. The molecule has 0 unspecified atom stereocenters. The molecule has 0 spiro atoms. The lowest BCUT2D eigenvalue weighted by atomic mass is 10.1. The quantitative estimate of drug-likeness (QED) is 0.603. The number of esters is 1. The summed E-state index contributed by atoms with van der Waals surface area (Å²) in [5, 5.41) is 9.23. The molecule has 2 heterocycles. The zero-order valence-electron chi connectivity index (χ0n) is 11.7. The second kappa shape index (κ2) is 5.89. The van der Waals surface area contributed by atoms with Crippen molar-refractivity contribution in [2.45, 2.75) is 24.3 Å². The molecule has 0 N–H and O–H groups in total. The van der Waals surface area contributed by atoms with Crippen LogP contribution in [0.25, 0.3) is 11.5 Å². The number of carbonyl (C=O) groups excluding carboxylic acids is 1. The largest absolute Gasteiger partial charge is 0.469 e. The van der Waals surface area contributed by atoms with E-state index in [0.717, 1.165) is 29.3 Å². The van der Waals surface area contributed by atoms with Gasteiger partial charge in [-0.1, -0.05) is 0 Å². The first kappa shape index (κ1) is 14.1. The van der Waals surface area contributed by atoms with Gasteiger partial charge in [0.2, 0.25) is 0 Å². The Bertz CT molecular complexity index is 606. The molecule has 2 aromatic heterocycles. The van der Waals surface area contributed by atoms with Crippen molar-refractivity contribution in [2.24, 2.45) is 5.41 Å². The highest BCUT2D eigenvalue weighted by molar-refractivity contribution is 7.99. The zero-order chi connectivity index (χ0) is 14.7. The van der Waals surface area contributed by atoms with Crippen LogP contribution in [-0.2, 0) is 9.53 Å². The molecule has 1 fully saturated rings. The molecule has 0 amide bonds. The number of carbonyl (C=O) groups is 1. The Balaban J connectivity index is 1.58. The molecule has 6 heteroatoms. The monoisotopic (exact) mass is 304 g/mol. The van der Waals surface area contributed by atoms with Crippen molar-refractivity contribution in [3.63, 3.8) is 0 Å². The maximum absolute atomic E-state index is 11.4. The Morgan fingerprint density at radius 1 is 1.38 bits per heavy atom. The van der Waals surface area contributed by atoms with Gasteiger partial charge in [0.1, 0.15) is 10.7 Å². The summed E-state index contributed by atoms with van der Waals surface area (Å²) < 4.78 is 10.0. The molecule has 3 rings (SSSR count).